The van der Waals surface area contributed by atoms with Gasteiger partial charge < -0.3 is 10.6 Å². The van der Waals surface area contributed by atoms with E-state index in [9.17, 15) is 0 Å². The van der Waals surface area contributed by atoms with E-state index in [1.54, 1.807) is 0 Å². The van der Waals surface area contributed by atoms with Crippen LogP contribution in [0.3, 0.4) is 0 Å². The number of anilines is 1. The summed E-state index contributed by atoms with van der Waals surface area (Å²) in [6.45, 7) is 6.14. The molecule has 0 aliphatic carbocycles. The van der Waals surface area contributed by atoms with Crippen molar-refractivity contribution < 1.29 is 0 Å². The summed E-state index contributed by atoms with van der Waals surface area (Å²) in [7, 11) is 0. The zero-order valence-corrected chi connectivity index (χ0v) is 10.1. The number of piperidine rings is 1. The van der Waals surface area contributed by atoms with E-state index in [1.165, 1.54) is 5.69 Å². The molecule has 1 aliphatic rings. The van der Waals surface area contributed by atoms with Gasteiger partial charge in [-0.15, -0.1) is 0 Å². The molecule has 4 nitrogen and oxygen atoms in total. The van der Waals surface area contributed by atoms with Crippen molar-refractivity contribution in [3.63, 3.8) is 0 Å². The lowest BCUT2D eigenvalue weighted by atomic mass is 10.1. The molecule has 1 fully saturated rings. The van der Waals surface area contributed by atoms with Crippen LogP contribution in [0.1, 0.15) is 31.3 Å². The number of aryl methyl sites for hydroxylation is 2. The zero-order chi connectivity index (χ0) is 11.5. The fraction of sp³-hybridized carbons (Fsp3) is 0.667. The number of aromatic nitrogens is 2. The molecule has 0 aromatic carbocycles. The largest absolute Gasteiger partial charge is 0.369 e. The van der Waals surface area contributed by atoms with Gasteiger partial charge in [0.25, 0.3) is 0 Å². The van der Waals surface area contributed by atoms with Gasteiger partial charge in [0.05, 0.1) is 17.6 Å². The molecule has 0 spiro atoms. The Bertz CT molecular complexity index is 356. The Morgan fingerprint density at radius 2 is 2.12 bits per heavy atom. The summed E-state index contributed by atoms with van der Waals surface area (Å²) in [6, 6.07) is 0.368. The second-order valence-electron chi connectivity index (χ2n) is 4.43. The van der Waals surface area contributed by atoms with E-state index in [-0.39, 0.29) is 0 Å². The molecule has 0 radical (unpaired) electrons. The summed E-state index contributed by atoms with van der Waals surface area (Å²) in [4.78, 5) is 11.2. The lowest BCUT2D eigenvalue weighted by Gasteiger charge is -2.32. The first kappa shape index (κ1) is 11.3. The van der Waals surface area contributed by atoms with Gasteiger partial charge in [-0.25, -0.2) is 9.97 Å². The number of nitrogens with two attached hydrogens (primary N) is 1. The Morgan fingerprint density at radius 3 is 2.75 bits per heavy atom. The standard InChI is InChI=1S/C12H20N4/c1-3-11-12(8-14-9(2)15-11)16-6-4-10(13)5-7-16/h8,10H,3-7,13H2,1-2H3. The number of hydrogen-bond donors (Lipinski definition) is 1. The maximum Gasteiger partial charge on any atom is 0.125 e. The molecule has 1 aliphatic heterocycles. The molecule has 2 N–H and O–H groups in total. The Labute approximate surface area is 96.9 Å². The van der Waals surface area contributed by atoms with Crippen molar-refractivity contribution in [2.75, 3.05) is 18.0 Å². The first-order valence-corrected chi connectivity index (χ1v) is 6.03. The van der Waals surface area contributed by atoms with Gasteiger partial charge in [0.2, 0.25) is 0 Å². The zero-order valence-electron chi connectivity index (χ0n) is 10.1. The van der Waals surface area contributed by atoms with Crippen LogP contribution in [-0.4, -0.2) is 29.1 Å². The van der Waals surface area contributed by atoms with E-state index >= 15 is 0 Å². The summed E-state index contributed by atoms with van der Waals surface area (Å²) >= 11 is 0. The van der Waals surface area contributed by atoms with E-state index in [0.717, 1.165) is 43.9 Å². The monoisotopic (exact) mass is 220 g/mol. The summed E-state index contributed by atoms with van der Waals surface area (Å²) in [5.41, 5.74) is 8.26. The Kier molecular flexibility index (Phi) is 3.39. The van der Waals surface area contributed by atoms with Crippen LogP contribution in [0.4, 0.5) is 5.69 Å². The molecule has 88 valence electrons. The van der Waals surface area contributed by atoms with Gasteiger partial charge in [0, 0.05) is 19.1 Å². The second kappa shape index (κ2) is 4.78. The predicted molar refractivity (Wildman–Crippen MR) is 65.6 cm³/mol. The van der Waals surface area contributed by atoms with Gasteiger partial charge in [-0.1, -0.05) is 6.92 Å². The number of hydrogen-bond acceptors (Lipinski definition) is 4. The fourth-order valence-electron chi connectivity index (χ4n) is 2.18. The molecule has 0 atom stereocenters. The van der Waals surface area contributed by atoms with Crippen LogP contribution in [0.5, 0.6) is 0 Å². The second-order valence-corrected chi connectivity index (χ2v) is 4.43. The smallest absolute Gasteiger partial charge is 0.125 e. The maximum absolute atomic E-state index is 5.91. The third-order valence-corrected chi connectivity index (χ3v) is 3.18. The SMILES string of the molecule is CCc1nc(C)ncc1N1CCC(N)CC1. The lowest BCUT2D eigenvalue weighted by Crippen LogP contribution is -2.40. The van der Waals surface area contributed by atoms with Crippen LogP contribution in [0.15, 0.2) is 6.20 Å². The summed E-state index contributed by atoms with van der Waals surface area (Å²) in [6.07, 6.45) is 5.05. The minimum atomic E-state index is 0.368. The third kappa shape index (κ3) is 2.32. The van der Waals surface area contributed by atoms with Crippen molar-refractivity contribution >= 4 is 5.69 Å². The molecule has 0 amide bonds. The highest BCUT2D eigenvalue weighted by molar-refractivity contribution is 5.49. The highest BCUT2D eigenvalue weighted by Crippen LogP contribution is 2.22. The van der Waals surface area contributed by atoms with Crippen molar-refractivity contribution in [3.05, 3.63) is 17.7 Å². The van der Waals surface area contributed by atoms with Gasteiger partial charge in [-0.2, -0.15) is 0 Å². The summed E-state index contributed by atoms with van der Waals surface area (Å²) in [5.74, 6) is 0.856. The molecule has 1 aromatic heterocycles. The predicted octanol–water partition coefficient (Wildman–Crippen LogP) is 1.27. The van der Waals surface area contributed by atoms with Crippen molar-refractivity contribution in [2.45, 2.75) is 39.2 Å². The van der Waals surface area contributed by atoms with E-state index in [0.29, 0.717) is 6.04 Å². The van der Waals surface area contributed by atoms with Crippen LogP contribution >= 0.6 is 0 Å². The topological polar surface area (TPSA) is 55.0 Å². The molecule has 2 heterocycles. The van der Waals surface area contributed by atoms with E-state index in [4.69, 9.17) is 5.73 Å². The number of nitrogens with zero attached hydrogens (tertiary/aromatic N) is 3. The van der Waals surface area contributed by atoms with Crippen LogP contribution < -0.4 is 10.6 Å². The lowest BCUT2D eigenvalue weighted by molar-refractivity contribution is 0.499. The molecule has 0 saturated carbocycles. The maximum atomic E-state index is 5.91. The summed E-state index contributed by atoms with van der Waals surface area (Å²) in [5, 5.41) is 0. The van der Waals surface area contributed by atoms with E-state index < -0.39 is 0 Å². The minimum Gasteiger partial charge on any atom is -0.369 e. The van der Waals surface area contributed by atoms with E-state index in [2.05, 4.69) is 21.8 Å². The molecule has 1 saturated heterocycles. The summed E-state index contributed by atoms with van der Waals surface area (Å²) < 4.78 is 0. The third-order valence-electron chi connectivity index (χ3n) is 3.18. The Balaban J connectivity index is 2.19. The molecular weight excluding hydrogens is 200 g/mol. The van der Waals surface area contributed by atoms with Crippen LogP contribution in [0.25, 0.3) is 0 Å². The molecule has 0 bridgehead atoms. The average Bonchev–Trinajstić information content (AvgIpc) is 2.30. The van der Waals surface area contributed by atoms with Crippen molar-refractivity contribution in [1.29, 1.82) is 0 Å². The van der Waals surface area contributed by atoms with Gasteiger partial charge in [-0.3, -0.25) is 0 Å². The first-order valence-electron chi connectivity index (χ1n) is 6.03. The van der Waals surface area contributed by atoms with Crippen LogP contribution in [-0.2, 0) is 6.42 Å². The minimum absolute atomic E-state index is 0.368. The quantitative estimate of drug-likeness (QED) is 0.815. The van der Waals surface area contributed by atoms with Gasteiger partial charge >= 0.3 is 0 Å². The first-order chi connectivity index (χ1) is 7.70. The Morgan fingerprint density at radius 1 is 1.44 bits per heavy atom. The Hall–Kier alpha value is -1.16. The molecule has 0 unspecified atom stereocenters. The molecule has 16 heavy (non-hydrogen) atoms. The average molecular weight is 220 g/mol. The fourth-order valence-corrected chi connectivity index (χ4v) is 2.18. The van der Waals surface area contributed by atoms with Crippen molar-refractivity contribution in [3.8, 4) is 0 Å². The molecule has 4 heteroatoms. The molecule has 2 rings (SSSR count). The highest BCUT2D eigenvalue weighted by Gasteiger charge is 2.18. The van der Waals surface area contributed by atoms with Crippen LogP contribution in [0, 0.1) is 6.92 Å². The van der Waals surface area contributed by atoms with Crippen LogP contribution in [0.2, 0.25) is 0 Å². The van der Waals surface area contributed by atoms with Crippen molar-refractivity contribution in [2.24, 2.45) is 5.73 Å². The van der Waals surface area contributed by atoms with Gasteiger partial charge in [0.15, 0.2) is 0 Å². The van der Waals surface area contributed by atoms with E-state index in [1.807, 2.05) is 13.1 Å². The highest BCUT2D eigenvalue weighted by atomic mass is 15.2. The van der Waals surface area contributed by atoms with Gasteiger partial charge in [-0.05, 0) is 26.2 Å². The van der Waals surface area contributed by atoms with Crippen molar-refractivity contribution in [1.82, 2.24) is 9.97 Å². The molecule has 1 aromatic rings. The van der Waals surface area contributed by atoms with Gasteiger partial charge in [0.1, 0.15) is 5.82 Å². The molecular formula is C12H20N4. The number of rotatable bonds is 2. The normalized spacial score (nSPS) is 17.8.